The Morgan fingerprint density at radius 1 is 1.37 bits per heavy atom. The molecule has 0 spiro atoms. The molecular weight excluding hydrogens is 248 g/mol. The van der Waals surface area contributed by atoms with Crippen LogP contribution in [-0.2, 0) is 14.3 Å². The van der Waals surface area contributed by atoms with E-state index >= 15 is 0 Å². The lowest BCUT2D eigenvalue weighted by Gasteiger charge is -2.07. The zero-order valence-corrected chi connectivity index (χ0v) is 10.5. The largest absolute Gasteiger partial charge is 0.462 e. The van der Waals surface area contributed by atoms with Gasteiger partial charge in [0.15, 0.2) is 12.2 Å². The van der Waals surface area contributed by atoms with Crippen LogP contribution in [0.4, 0.5) is 5.69 Å². The number of rotatable bonds is 2. The summed E-state index contributed by atoms with van der Waals surface area (Å²) in [5, 5.41) is 2.45. The number of esters is 1. The Bertz CT molecular complexity index is 605. The van der Waals surface area contributed by atoms with Crippen LogP contribution in [0.2, 0.25) is 0 Å². The van der Waals surface area contributed by atoms with Crippen molar-refractivity contribution in [3.05, 3.63) is 36.4 Å². The van der Waals surface area contributed by atoms with Crippen molar-refractivity contribution >= 4 is 17.6 Å². The maximum absolute atomic E-state index is 11.4. The van der Waals surface area contributed by atoms with Crippen molar-refractivity contribution < 1.29 is 18.7 Å². The Labute approximate surface area is 109 Å². The van der Waals surface area contributed by atoms with E-state index in [4.69, 9.17) is 4.42 Å². The summed E-state index contributed by atoms with van der Waals surface area (Å²) in [6.07, 6.45) is 2.96. The third-order valence-corrected chi connectivity index (χ3v) is 2.55. The number of carbonyl (C=O) groups excluding carboxylic acids is 2. The van der Waals surface area contributed by atoms with Crippen LogP contribution in [0.1, 0.15) is 5.56 Å². The molecule has 0 unspecified atom stereocenters. The minimum absolute atomic E-state index is 0.510. The van der Waals surface area contributed by atoms with Crippen LogP contribution < -0.4 is 5.32 Å². The Morgan fingerprint density at radius 3 is 2.74 bits per heavy atom. The number of hydrogen-bond acceptors (Lipinski definition) is 5. The van der Waals surface area contributed by atoms with Gasteiger partial charge in [-0.25, -0.2) is 9.78 Å². The minimum atomic E-state index is -0.933. The molecule has 6 nitrogen and oxygen atoms in total. The van der Waals surface area contributed by atoms with Crippen LogP contribution >= 0.6 is 0 Å². The van der Waals surface area contributed by atoms with Gasteiger partial charge < -0.3 is 14.5 Å². The summed E-state index contributed by atoms with van der Waals surface area (Å²) in [5.74, 6) is -1.10. The molecule has 98 valence electrons. The molecular formula is C13H12N2O4. The molecule has 1 amide bonds. The Balaban J connectivity index is 2.20. The van der Waals surface area contributed by atoms with Gasteiger partial charge >= 0.3 is 11.9 Å². The highest BCUT2D eigenvalue weighted by molar-refractivity contribution is 6.37. The molecule has 2 rings (SSSR count). The van der Waals surface area contributed by atoms with Crippen molar-refractivity contribution in [1.82, 2.24) is 4.98 Å². The van der Waals surface area contributed by atoms with Crippen LogP contribution in [0, 0.1) is 6.92 Å². The normalized spacial score (nSPS) is 10.0. The summed E-state index contributed by atoms with van der Waals surface area (Å²) in [7, 11) is 1.15. The van der Waals surface area contributed by atoms with Crippen molar-refractivity contribution in [1.29, 1.82) is 0 Å². The van der Waals surface area contributed by atoms with Crippen LogP contribution in [0.25, 0.3) is 11.3 Å². The molecule has 0 radical (unpaired) electrons. The number of nitrogens with zero attached hydrogens (tertiary/aromatic N) is 1. The van der Waals surface area contributed by atoms with Crippen LogP contribution in [0.15, 0.2) is 35.2 Å². The van der Waals surface area contributed by atoms with Crippen LogP contribution in [-0.4, -0.2) is 24.0 Å². The number of amides is 1. The molecule has 0 fully saturated rings. The number of carbonyl (C=O) groups is 2. The topological polar surface area (TPSA) is 81.4 Å². The van der Waals surface area contributed by atoms with Gasteiger partial charge in [-0.05, 0) is 30.7 Å². The van der Waals surface area contributed by atoms with Gasteiger partial charge in [-0.3, -0.25) is 4.79 Å². The van der Waals surface area contributed by atoms with E-state index < -0.39 is 11.9 Å². The summed E-state index contributed by atoms with van der Waals surface area (Å²) >= 11 is 0. The quantitative estimate of drug-likeness (QED) is 0.657. The average molecular weight is 260 g/mol. The van der Waals surface area contributed by atoms with Gasteiger partial charge in [0.1, 0.15) is 0 Å². The third-order valence-electron chi connectivity index (χ3n) is 2.55. The number of oxazole rings is 1. The fourth-order valence-electron chi connectivity index (χ4n) is 1.64. The smallest absolute Gasteiger partial charge is 0.396 e. The maximum atomic E-state index is 11.4. The molecule has 0 saturated heterocycles. The van der Waals surface area contributed by atoms with Gasteiger partial charge in [0.25, 0.3) is 0 Å². The summed E-state index contributed by atoms with van der Waals surface area (Å²) < 4.78 is 9.53. The SMILES string of the molecule is COC(=O)C(=O)Nc1ccc(-c2cnco2)c(C)c1. The maximum Gasteiger partial charge on any atom is 0.396 e. The lowest BCUT2D eigenvalue weighted by molar-refractivity contribution is -0.150. The number of aromatic nitrogens is 1. The number of aryl methyl sites for hydroxylation is 1. The number of nitrogens with one attached hydrogen (secondary N) is 1. The average Bonchev–Trinajstić information content (AvgIpc) is 2.91. The molecule has 19 heavy (non-hydrogen) atoms. The van der Waals surface area contributed by atoms with E-state index in [9.17, 15) is 9.59 Å². The first-order valence-corrected chi connectivity index (χ1v) is 5.50. The molecule has 1 N–H and O–H groups in total. The van der Waals surface area contributed by atoms with Gasteiger partial charge in [-0.1, -0.05) is 0 Å². The molecule has 1 heterocycles. The zero-order valence-electron chi connectivity index (χ0n) is 10.5. The number of anilines is 1. The first-order valence-electron chi connectivity index (χ1n) is 5.50. The highest BCUT2D eigenvalue weighted by atomic mass is 16.5. The Hall–Kier alpha value is -2.63. The second kappa shape index (κ2) is 5.34. The molecule has 0 bridgehead atoms. The molecule has 0 atom stereocenters. The lowest BCUT2D eigenvalue weighted by Crippen LogP contribution is -2.23. The lowest BCUT2D eigenvalue weighted by atomic mass is 10.1. The first-order chi connectivity index (χ1) is 9.11. The van der Waals surface area contributed by atoms with E-state index in [1.165, 1.54) is 6.39 Å². The van der Waals surface area contributed by atoms with Gasteiger partial charge in [0.05, 0.1) is 13.3 Å². The predicted octanol–water partition coefficient (Wildman–Crippen LogP) is 1.76. The second-order valence-electron chi connectivity index (χ2n) is 3.84. The molecule has 1 aromatic heterocycles. The summed E-state index contributed by atoms with van der Waals surface area (Å²) in [4.78, 5) is 26.2. The molecule has 1 aromatic carbocycles. The van der Waals surface area contributed by atoms with Crippen molar-refractivity contribution in [3.8, 4) is 11.3 Å². The van der Waals surface area contributed by atoms with Gasteiger partial charge in [0, 0.05) is 11.3 Å². The van der Waals surface area contributed by atoms with E-state index in [0.29, 0.717) is 11.4 Å². The zero-order chi connectivity index (χ0) is 13.8. The monoisotopic (exact) mass is 260 g/mol. The molecule has 6 heteroatoms. The third kappa shape index (κ3) is 2.79. The summed E-state index contributed by atoms with van der Waals surface area (Å²) in [6.45, 7) is 1.87. The van der Waals surface area contributed by atoms with Crippen molar-refractivity contribution in [2.75, 3.05) is 12.4 Å². The number of ether oxygens (including phenoxy) is 1. The Morgan fingerprint density at radius 2 is 2.16 bits per heavy atom. The Kier molecular flexibility index (Phi) is 3.61. The first kappa shape index (κ1) is 12.8. The fraction of sp³-hybridized carbons (Fsp3) is 0.154. The molecule has 0 aliphatic rings. The fourth-order valence-corrected chi connectivity index (χ4v) is 1.64. The predicted molar refractivity (Wildman–Crippen MR) is 67.3 cm³/mol. The summed E-state index contributed by atoms with van der Waals surface area (Å²) in [6, 6.07) is 5.19. The standard InChI is InChI=1S/C13H12N2O4/c1-8-5-9(15-12(16)13(17)18-2)3-4-10(8)11-6-14-7-19-11/h3-7H,1-2H3,(H,15,16). The van der Waals surface area contributed by atoms with Gasteiger partial charge in [0.2, 0.25) is 0 Å². The van der Waals surface area contributed by atoms with Crippen molar-refractivity contribution in [2.45, 2.75) is 6.92 Å². The van der Waals surface area contributed by atoms with Crippen LogP contribution in [0.3, 0.4) is 0 Å². The summed E-state index contributed by atoms with van der Waals surface area (Å²) in [5.41, 5.74) is 2.27. The molecule has 2 aromatic rings. The van der Waals surface area contributed by atoms with E-state index in [2.05, 4.69) is 15.0 Å². The van der Waals surface area contributed by atoms with Crippen molar-refractivity contribution in [3.63, 3.8) is 0 Å². The van der Waals surface area contributed by atoms with E-state index in [0.717, 1.165) is 18.2 Å². The van der Waals surface area contributed by atoms with E-state index in [1.807, 2.05) is 6.92 Å². The number of benzene rings is 1. The number of methoxy groups -OCH3 is 1. The van der Waals surface area contributed by atoms with Gasteiger partial charge in [-0.2, -0.15) is 0 Å². The highest BCUT2D eigenvalue weighted by Crippen LogP contribution is 2.25. The minimum Gasteiger partial charge on any atom is -0.462 e. The second-order valence-corrected chi connectivity index (χ2v) is 3.84. The highest BCUT2D eigenvalue weighted by Gasteiger charge is 2.14. The van der Waals surface area contributed by atoms with E-state index in [1.54, 1.807) is 24.4 Å². The van der Waals surface area contributed by atoms with E-state index in [-0.39, 0.29) is 0 Å². The van der Waals surface area contributed by atoms with Crippen LogP contribution in [0.5, 0.6) is 0 Å². The number of hydrogen-bond donors (Lipinski definition) is 1. The molecule has 0 saturated carbocycles. The van der Waals surface area contributed by atoms with Gasteiger partial charge in [-0.15, -0.1) is 0 Å². The van der Waals surface area contributed by atoms with Crippen molar-refractivity contribution in [2.24, 2.45) is 0 Å². The molecule has 0 aliphatic carbocycles. The molecule has 0 aliphatic heterocycles.